The van der Waals surface area contributed by atoms with E-state index >= 15 is 0 Å². The minimum atomic E-state index is -0.530. The molecule has 0 N–H and O–H groups in total. The molecule has 7 rings (SSSR count). The number of nitrogens with zero attached hydrogens (tertiary/aromatic N) is 5. The second-order valence-corrected chi connectivity index (χ2v) is 12.5. The molecule has 0 amide bonds. The quantitative estimate of drug-likeness (QED) is 0.0762. The van der Waals surface area contributed by atoms with Crippen molar-refractivity contribution in [3.8, 4) is 45.4 Å². The monoisotopic (exact) mass is 682 g/mol. The number of aromatic nitrogens is 2. The summed E-state index contributed by atoms with van der Waals surface area (Å²) in [5.41, 5.74) is 6.75. The molecule has 51 heavy (non-hydrogen) atoms. The highest BCUT2D eigenvalue weighted by Crippen LogP contribution is 2.44. The SMILES string of the molecule is CCN(CC)c1ccc2cc(-c3nnc(-c4ccccc4-c4c5ccc(=[N+](CC)CC)cc-5oc5cc(N(CC)CC)ccc45)o3)c(=O)oc2c1. The second-order valence-electron chi connectivity index (χ2n) is 12.5. The number of fused-ring (bicyclic) bond motifs is 3. The highest BCUT2D eigenvalue weighted by atomic mass is 16.4. The fourth-order valence-corrected chi connectivity index (χ4v) is 7.09. The van der Waals surface area contributed by atoms with Crippen LogP contribution >= 0.6 is 0 Å². The molecule has 0 saturated carbocycles. The lowest BCUT2D eigenvalue weighted by Gasteiger charge is -2.22. The Kier molecular flexibility index (Phi) is 9.45. The van der Waals surface area contributed by atoms with Crippen molar-refractivity contribution in [1.82, 2.24) is 14.8 Å². The molecular formula is C42H44N5O4+. The molecule has 2 aromatic heterocycles. The molecule has 9 nitrogen and oxygen atoms in total. The van der Waals surface area contributed by atoms with Crippen LogP contribution in [0.3, 0.4) is 0 Å². The first-order chi connectivity index (χ1) is 24.9. The zero-order chi connectivity index (χ0) is 35.6. The van der Waals surface area contributed by atoms with E-state index in [1.807, 2.05) is 36.4 Å². The smallest absolute Gasteiger partial charge is 0.349 e. The summed E-state index contributed by atoms with van der Waals surface area (Å²) in [6, 6.07) is 28.5. The maximum Gasteiger partial charge on any atom is 0.349 e. The lowest BCUT2D eigenvalue weighted by Crippen LogP contribution is -2.29. The standard InChI is InChI=1S/C42H44N5O4/c1-7-45(8-2)28-18-17-27-23-35(42(48)50-36(27)24-28)41-44-43-40(51-41)32-16-14-13-15-31(32)39-33-21-19-29(46(9-3)10-4)25-37(33)49-38-26-30(20-22-34(38)39)47(11-5)12-6/h13-26H,7-12H2,1-6H3/q+1. The molecule has 3 aromatic carbocycles. The molecule has 0 spiro atoms. The van der Waals surface area contributed by atoms with Gasteiger partial charge >= 0.3 is 5.63 Å². The molecule has 260 valence electrons. The summed E-state index contributed by atoms with van der Waals surface area (Å²) in [6.07, 6.45) is 0. The molecule has 0 radical (unpaired) electrons. The molecular weight excluding hydrogens is 638 g/mol. The van der Waals surface area contributed by atoms with Gasteiger partial charge in [-0.3, -0.25) is 0 Å². The third kappa shape index (κ3) is 6.17. The summed E-state index contributed by atoms with van der Waals surface area (Å²) >= 11 is 0. The van der Waals surface area contributed by atoms with Crippen molar-refractivity contribution in [3.63, 3.8) is 0 Å². The van der Waals surface area contributed by atoms with Crippen LogP contribution < -0.4 is 25.4 Å². The van der Waals surface area contributed by atoms with E-state index < -0.39 is 5.63 Å². The van der Waals surface area contributed by atoms with E-state index in [1.54, 1.807) is 6.07 Å². The molecule has 0 bridgehead atoms. The largest absolute Gasteiger partial charge is 0.456 e. The van der Waals surface area contributed by atoms with Crippen LogP contribution in [-0.4, -0.2) is 49.5 Å². The predicted molar refractivity (Wildman–Crippen MR) is 207 cm³/mol. The summed E-state index contributed by atoms with van der Waals surface area (Å²) in [6.45, 7) is 18.1. The molecule has 1 aliphatic carbocycles. The van der Waals surface area contributed by atoms with Gasteiger partial charge in [0.1, 0.15) is 35.6 Å². The fourth-order valence-electron chi connectivity index (χ4n) is 7.09. The Morgan fingerprint density at radius 2 is 1.22 bits per heavy atom. The lowest BCUT2D eigenvalue weighted by atomic mass is 9.90. The van der Waals surface area contributed by atoms with Crippen LogP contribution in [0.2, 0.25) is 0 Å². The van der Waals surface area contributed by atoms with E-state index in [0.29, 0.717) is 11.5 Å². The van der Waals surface area contributed by atoms with E-state index in [9.17, 15) is 4.79 Å². The van der Waals surface area contributed by atoms with Gasteiger partial charge in [-0.05, 0) is 89.6 Å². The first-order valence-corrected chi connectivity index (χ1v) is 18.0. The molecule has 2 aliphatic rings. The van der Waals surface area contributed by atoms with Crippen LogP contribution in [-0.2, 0) is 0 Å². The van der Waals surface area contributed by atoms with Gasteiger partial charge in [-0.15, -0.1) is 10.2 Å². The maximum absolute atomic E-state index is 13.3. The molecule has 0 unspecified atom stereocenters. The van der Waals surface area contributed by atoms with Crippen molar-refractivity contribution in [1.29, 1.82) is 0 Å². The maximum atomic E-state index is 13.3. The number of rotatable bonds is 11. The number of anilines is 2. The average Bonchev–Trinajstić information content (AvgIpc) is 3.65. The van der Waals surface area contributed by atoms with Gasteiger partial charge in [0.25, 0.3) is 5.89 Å². The Bertz CT molecular complexity index is 2440. The Morgan fingerprint density at radius 3 is 1.88 bits per heavy atom. The predicted octanol–water partition coefficient (Wildman–Crippen LogP) is 8.53. The molecule has 0 fully saturated rings. The molecule has 0 saturated heterocycles. The van der Waals surface area contributed by atoms with Crippen LogP contribution in [0.15, 0.2) is 103 Å². The van der Waals surface area contributed by atoms with E-state index in [4.69, 9.17) is 13.3 Å². The topological polar surface area (TPSA) is 91.8 Å². The minimum absolute atomic E-state index is 0.105. The van der Waals surface area contributed by atoms with Crippen LogP contribution in [0.1, 0.15) is 41.5 Å². The Morgan fingerprint density at radius 1 is 0.588 bits per heavy atom. The molecule has 1 aliphatic heterocycles. The van der Waals surface area contributed by atoms with Gasteiger partial charge in [-0.1, -0.05) is 18.2 Å². The lowest BCUT2D eigenvalue weighted by molar-refractivity contribution is 0.547. The first-order valence-electron chi connectivity index (χ1n) is 18.0. The summed E-state index contributed by atoms with van der Waals surface area (Å²) in [7, 11) is 0. The molecule has 5 aromatic rings. The van der Waals surface area contributed by atoms with Crippen molar-refractivity contribution in [2.75, 3.05) is 49.1 Å². The van der Waals surface area contributed by atoms with E-state index in [-0.39, 0.29) is 11.5 Å². The molecule has 3 heterocycles. The zero-order valence-corrected chi connectivity index (χ0v) is 30.2. The zero-order valence-electron chi connectivity index (χ0n) is 30.2. The van der Waals surface area contributed by atoms with Gasteiger partial charge in [-0.2, -0.15) is 0 Å². The summed E-state index contributed by atoms with van der Waals surface area (Å²) in [5.74, 6) is 1.20. The third-order valence-corrected chi connectivity index (χ3v) is 9.88. The first kappa shape index (κ1) is 33.8. The number of benzene rings is 4. The van der Waals surface area contributed by atoms with E-state index in [2.05, 4.69) is 109 Å². The van der Waals surface area contributed by atoms with Crippen LogP contribution in [0.25, 0.3) is 67.3 Å². The Balaban J connectivity index is 1.39. The number of hydrogen-bond acceptors (Lipinski definition) is 8. The van der Waals surface area contributed by atoms with Gasteiger partial charge in [0.05, 0.1) is 6.07 Å². The summed E-state index contributed by atoms with van der Waals surface area (Å²) in [4.78, 5) is 17.8. The van der Waals surface area contributed by atoms with Gasteiger partial charge in [0.15, 0.2) is 0 Å². The van der Waals surface area contributed by atoms with Crippen molar-refractivity contribution < 1.29 is 13.3 Å². The fraction of sp³-hybridized carbons (Fsp3) is 0.286. The van der Waals surface area contributed by atoms with Gasteiger partial charge in [0, 0.05) is 83.2 Å². The molecule has 9 heteroatoms. The number of hydrogen-bond donors (Lipinski definition) is 0. The van der Waals surface area contributed by atoms with Crippen LogP contribution in [0.4, 0.5) is 11.4 Å². The van der Waals surface area contributed by atoms with Gasteiger partial charge in [-0.25, -0.2) is 9.37 Å². The summed E-state index contributed by atoms with van der Waals surface area (Å²) in [5, 5.41) is 11.7. The third-order valence-electron chi connectivity index (χ3n) is 9.88. The van der Waals surface area contributed by atoms with E-state index in [1.165, 1.54) is 0 Å². The second kappa shape index (κ2) is 14.3. The van der Waals surface area contributed by atoms with Crippen LogP contribution in [0, 0.1) is 0 Å². The van der Waals surface area contributed by atoms with Crippen molar-refractivity contribution in [2.45, 2.75) is 41.5 Å². The summed E-state index contributed by atoms with van der Waals surface area (Å²) < 4.78 is 21.1. The average molecular weight is 683 g/mol. The minimum Gasteiger partial charge on any atom is -0.456 e. The molecule has 0 atom stereocenters. The Labute approximate surface area is 297 Å². The Hall–Kier alpha value is -5.70. The van der Waals surface area contributed by atoms with Crippen molar-refractivity contribution in [3.05, 3.63) is 101 Å². The van der Waals surface area contributed by atoms with E-state index in [0.717, 1.165) is 100 Å². The highest BCUT2D eigenvalue weighted by molar-refractivity contribution is 6.05. The normalized spacial score (nSPS) is 11.5. The van der Waals surface area contributed by atoms with Crippen LogP contribution in [0.5, 0.6) is 0 Å². The van der Waals surface area contributed by atoms with Crippen molar-refractivity contribution >= 4 is 33.3 Å². The van der Waals surface area contributed by atoms with Gasteiger partial charge < -0.3 is 23.1 Å². The van der Waals surface area contributed by atoms with Gasteiger partial charge in [0.2, 0.25) is 11.2 Å². The van der Waals surface area contributed by atoms with Crippen molar-refractivity contribution in [2.24, 2.45) is 0 Å². The highest BCUT2D eigenvalue weighted by Gasteiger charge is 2.24.